The zero-order chi connectivity index (χ0) is 50.1. The Hall–Kier alpha value is -6.12. The van der Waals surface area contributed by atoms with Crippen molar-refractivity contribution in [2.75, 3.05) is 9.80 Å². The van der Waals surface area contributed by atoms with Crippen LogP contribution in [0.2, 0.25) is 0 Å². The van der Waals surface area contributed by atoms with E-state index in [4.69, 9.17) is 0 Å². The van der Waals surface area contributed by atoms with Gasteiger partial charge >= 0.3 is 0 Å². The standard InChI is InChI=1S/C68H76N2/c1-63(2,3)43-21-29-47(30-22-43)69(48-31-23-44(24-32-48)64(4,5)6)51-37-39-55-57(41-51)67(13,14)61-59(55)53-19-17-18-20-54(53)60-56-40-38-52(42-58(56)68(15,16)62(60)61)70(49-33-25-45(26-34-49)65(7,8)9)50-35-27-46(28-36-50)66(10,11)12/h17-27,29-35,37-42H,28,36H2,1-16H3. The zero-order valence-corrected chi connectivity index (χ0v) is 45.2. The lowest BCUT2D eigenvalue weighted by atomic mass is 9.71. The number of hydrogen-bond donors (Lipinski definition) is 0. The third-order valence-electron chi connectivity index (χ3n) is 16.2. The van der Waals surface area contributed by atoms with E-state index in [1.54, 1.807) is 0 Å². The molecule has 0 atom stereocenters. The highest BCUT2D eigenvalue weighted by Gasteiger charge is 2.48. The van der Waals surface area contributed by atoms with Gasteiger partial charge in [0.15, 0.2) is 0 Å². The second-order valence-corrected chi connectivity index (χ2v) is 25.9. The summed E-state index contributed by atoms with van der Waals surface area (Å²) >= 11 is 0. The van der Waals surface area contributed by atoms with Gasteiger partial charge in [-0.25, -0.2) is 0 Å². The van der Waals surface area contributed by atoms with Crippen LogP contribution in [0.25, 0.3) is 33.0 Å². The van der Waals surface area contributed by atoms with Crippen molar-refractivity contribution >= 4 is 39.2 Å². The molecule has 0 bridgehead atoms. The maximum Gasteiger partial charge on any atom is 0.0465 e. The molecule has 0 radical (unpaired) electrons. The highest BCUT2D eigenvalue weighted by Crippen LogP contribution is 2.63. The summed E-state index contributed by atoms with van der Waals surface area (Å²) in [6, 6.07) is 51.8. The molecule has 0 saturated carbocycles. The van der Waals surface area contributed by atoms with Gasteiger partial charge in [-0.2, -0.15) is 0 Å². The van der Waals surface area contributed by atoms with E-state index >= 15 is 0 Å². The molecule has 70 heavy (non-hydrogen) atoms. The molecule has 2 nitrogen and oxygen atoms in total. The van der Waals surface area contributed by atoms with Crippen molar-refractivity contribution in [1.29, 1.82) is 0 Å². The molecule has 0 fully saturated rings. The molecular weight excluding hydrogens is 845 g/mol. The minimum absolute atomic E-state index is 0.0674. The average Bonchev–Trinajstić information content (AvgIpc) is 3.68. The Balaban J connectivity index is 1.13. The molecule has 2 heteroatoms. The zero-order valence-electron chi connectivity index (χ0n) is 45.2. The van der Waals surface area contributed by atoms with Gasteiger partial charge in [-0.05, 0) is 173 Å². The van der Waals surface area contributed by atoms with Crippen LogP contribution in [0.5, 0.6) is 0 Å². The van der Waals surface area contributed by atoms with E-state index in [0.29, 0.717) is 0 Å². The number of anilines is 5. The van der Waals surface area contributed by atoms with Gasteiger partial charge in [-0.1, -0.05) is 195 Å². The first-order valence-corrected chi connectivity index (χ1v) is 26.0. The lowest BCUT2D eigenvalue weighted by Crippen LogP contribution is -2.25. The molecule has 0 aromatic heterocycles. The summed E-state index contributed by atoms with van der Waals surface area (Å²) in [7, 11) is 0. The first kappa shape index (κ1) is 47.6. The molecule has 0 N–H and O–H groups in total. The van der Waals surface area contributed by atoms with Crippen molar-refractivity contribution < 1.29 is 0 Å². The van der Waals surface area contributed by atoms with Gasteiger partial charge in [0.25, 0.3) is 0 Å². The van der Waals surface area contributed by atoms with Crippen molar-refractivity contribution in [3.05, 3.63) is 196 Å². The Bertz CT molecular complexity index is 3190. The molecule has 7 aromatic carbocycles. The molecule has 0 unspecified atom stereocenters. The summed E-state index contributed by atoms with van der Waals surface area (Å²) in [5, 5.41) is 2.68. The van der Waals surface area contributed by atoms with E-state index in [0.717, 1.165) is 24.2 Å². The quantitative estimate of drug-likeness (QED) is 0.164. The lowest BCUT2D eigenvalue weighted by Gasteiger charge is -2.34. The molecule has 10 rings (SSSR count). The molecule has 0 saturated heterocycles. The van der Waals surface area contributed by atoms with Crippen LogP contribution in [-0.2, 0) is 27.1 Å². The van der Waals surface area contributed by atoms with Gasteiger partial charge in [0.2, 0.25) is 0 Å². The number of hydrogen-bond acceptors (Lipinski definition) is 2. The van der Waals surface area contributed by atoms with Crippen molar-refractivity contribution in [2.24, 2.45) is 5.41 Å². The van der Waals surface area contributed by atoms with Crippen LogP contribution in [0.4, 0.5) is 28.4 Å². The minimum Gasteiger partial charge on any atom is -0.314 e. The van der Waals surface area contributed by atoms with Gasteiger partial charge in [-0.3, -0.25) is 0 Å². The highest BCUT2D eigenvalue weighted by atomic mass is 15.2. The van der Waals surface area contributed by atoms with E-state index in [1.165, 1.54) is 100 Å². The molecule has 0 spiro atoms. The van der Waals surface area contributed by atoms with Crippen LogP contribution in [0.1, 0.15) is 163 Å². The molecule has 0 aliphatic heterocycles. The molecule has 0 amide bonds. The van der Waals surface area contributed by atoms with Crippen LogP contribution in [-0.4, -0.2) is 0 Å². The third-order valence-corrected chi connectivity index (χ3v) is 16.2. The fourth-order valence-corrected chi connectivity index (χ4v) is 12.0. The Labute approximate surface area is 421 Å². The maximum atomic E-state index is 2.55. The van der Waals surface area contributed by atoms with E-state index in [-0.39, 0.29) is 32.5 Å². The second-order valence-electron chi connectivity index (χ2n) is 25.9. The second kappa shape index (κ2) is 16.2. The topological polar surface area (TPSA) is 6.48 Å². The van der Waals surface area contributed by atoms with Crippen LogP contribution < -0.4 is 9.80 Å². The van der Waals surface area contributed by atoms with Gasteiger partial charge in [0.1, 0.15) is 0 Å². The average molecular weight is 921 g/mol. The van der Waals surface area contributed by atoms with Crippen LogP contribution >= 0.6 is 0 Å². The van der Waals surface area contributed by atoms with Crippen LogP contribution in [0.15, 0.2) is 157 Å². The molecule has 7 aromatic rings. The molecular formula is C68H76N2. The molecule has 0 heterocycles. The summed E-state index contributed by atoms with van der Waals surface area (Å²) in [5.74, 6) is 0. The van der Waals surface area contributed by atoms with Gasteiger partial charge in [-0.15, -0.1) is 0 Å². The fourth-order valence-electron chi connectivity index (χ4n) is 12.0. The smallest absolute Gasteiger partial charge is 0.0465 e. The predicted octanol–water partition coefficient (Wildman–Crippen LogP) is 19.6. The lowest BCUT2D eigenvalue weighted by molar-refractivity contribution is 0.479. The molecule has 3 aliphatic rings. The summed E-state index contributed by atoms with van der Waals surface area (Å²) in [6.07, 6.45) is 6.85. The van der Waals surface area contributed by atoms with E-state index < -0.39 is 0 Å². The monoisotopic (exact) mass is 921 g/mol. The highest BCUT2D eigenvalue weighted by molar-refractivity contribution is 6.13. The number of allylic oxidation sites excluding steroid dienone is 4. The normalized spacial score (nSPS) is 16.0. The van der Waals surface area contributed by atoms with Gasteiger partial charge in [0, 0.05) is 45.0 Å². The van der Waals surface area contributed by atoms with E-state index in [9.17, 15) is 0 Å². The van der Waals surface area contributed by atoms with Crippen molar-refractivity contribution in [3.8, 4) is 22.3 Å². The predicted molar refractivity (Wildman–Crippen MR) is 303 cm³/mol. The number of benzene rings is 7. The SMILES string of the molecule is CC(C)(C)C1=CC=C(N(c2ccc(C(C)(C)C)cc2)c2ccc3c(c2)C(C)(C)c2c4c(c5ccccc5c2-3)-c2ccc(N(c3ccc(C(C)(C)C)cc3)c3ccc(C(C)(C)C)cc3)cc2C4(C)C)CC1. The maximum absolute atomic E-state index is 2.55. The number of fused-ring (bicyclic) bond motifs is 10. The summed E-state index contributed by atoms with van der Waals surface area (Å²) < 4.78 is 0. The number of rotatable bonds is 6. The fraction of sp³-hybridized carbons (Fsp3) is 0.353. The Morgan fingerprint density at radius 2 is 0.729 bits per heavy atom. The van der Waals surface area contributed by atoms with Crippen molar-refractivity contribution in [3.63, 3.8) is 0 Å². The number of nitrogens with zero attached hydrogens (tertiary/aromatic N) is 2. The largest absolute Gasteiger partial charge is 0.314 e. The van der Waals surface area contributed by atoms with Gasteiger partial charge in [0.05, 0.1) is 0 Å². The van der Waals surface area contributed by atoms with Crippen LogP contribution in [0.3, 0.4) is 0 Å². The Morgan fingerprint density at radius 3 is 1.07 bits per heavy atom. The molecule has 3 aliphatic carbocycles. The van der Waals surface area contributed by atoms with E-state index in [2.05, 4.69) is 266 Å². The summed E-state index contributed by atoms with van der Waals surface area (Å²) in [5.41, 5.74) is 23.8. The molecule has 358 valence electrons. The summed E-state index contributed by atoms with van der Waals surface area (Å²) in [6.45, 7) is 37.6. The minimum atomic E-state index is -0.278. The van der Waals surface area contributed by atoms with E-state index in [1.807, 2.05) is 0 Å². The first-order valence-electron chi connectivity index (χ1n) is 26.0. The Morgan fingerprint density at radius 1 is 0.371 bits per heavy atom. The van der Waals surface area contributed by atoms with Gasteiger partial charge < -0.3 is 9.80 Å². The van der Waals surface area contributed by atoms with Crippen LogP contribution in [0, 0.1) is 5.41 Å². The third kappa shape index (κ3) is 7.85. The first-order chi connectivity index (χ1) is 32.8. The van der Waals surface area contributed by atoms with Crippen molar-refractivity contribution in [2.45, 2.75) is 151 Å². The summed E-state index contributed by atoms with van der Waals surface area (Å²) in [4.78, 5) is 5.01. The Kier molecular flexibility index (Phi) is 11.0. The van der Waals surface area contributed by atoms with Crippen molar-refractivity contribution in [1.82, 2.24) is 0 Å².